The highest BCUT2D eigenvalue weighted by atomic mass is 16.6. The molecule has 21 heavy (non-hydrogen) atoms. The van der Waals surface area contributed by atoms with Gasteiger partial charge in [0.05, 0.1) is 5.56 Å². The van der Waals surface area contributed by atoms with Crippen molar-refractivity contribution >= 4 is 12.0 Å². The van der Waals surface area contributed by atoms with Crippen molar-refractivity contribution < 1.29 is 14.3 Å². The molecule has 0 saturated heterocycles. The number of nitrogens with one attached hydrogen (secondary N) is 3. The Morgan fingerprint density at radius 2 is 1.71 bits per heavy atom. The van der Waals surface area contributed by atoms with Crippen LogP contribution in [0.1, 0.15) is 50.5 Å². The standard InChI is InChI=1S/C15H25N3O3/c1-9-7-16-8-12(9)13(19)17-10(2)11(3)18-14(20)21-15(4,5)6/h7-8,10-11,16H,1-6H3,(H,17,19)(H,18,20)/t10-,11+/m0/s1. The highest BCUT2D eigenvalue weighted by Gasteiger charge is 2.22. The molecule has 0 saturated carbocycles. The Hall–Kier alpha value is -1.98. The summed E-state index contributed by atoms with van der Waals surface area (Å²) in [6.45, 7) is 10.9. The quantitative estimate of drug-likeness (QED) is 0.797. The Labute approximate surface area is 125 Å². The molecule has 2 atom stereocenters. The molecule has 3 N–H and O–H groups in total. The predicted molar refractivity (Wildman–Crippen MR) is 81.3 cm³/mol. The second-order valence-corrected chi connectivity index (χ2v) is 6.25. The number of carbonyl (C=O) groups is 2. The lowest BCUT2D eigenvalue weighted by Gasteiger charge is -2.25. The molecule has 2 amide bonds. The molecule has 0 bridgehead atoms. The van der Waals surface area contributed by atoms with Crippen LogP contribution in [0, 0.1) is 6.92 Å². The number of aryl methyl sites for hydroxylation is 1. The van der Waals surface area contributed by atoms with Gasteiger partial charge in [0, 0.05) is 24.5 Å². The van der Waals surface area contributed by atoms with Crippen LogP contribution >= 0.6 is 0 Å². The molecule has 0 unspecified atom stereocenters. The molecule has 0 aliphatic heterocycles. The SMILES string of the molecule is Cc1c[nH]cc1C(=O)N[C@@H](C)[C@@H](C)NC(=O)OC(C)(C)C. The summed E-state index contributed by atoms with van der Waals surface area (Å²) in [6, 6.07) is -0.470. The summed E-state index contributed by atoms with van der Waals surface area (Å²) >= 11 is 0. The van der Waals surface area contributed by atoms with Crippen LogP contribution in [0.15, 0.2) is 12.4 Å². The van der Waals surface area contributed by atoms with Gasteiger partial charge in [-0.1, -0.05) is 0 Å². The molecule has 0 aliphatic rings. The predicted octanol–water partition coefficient (Wildman–Crippen LogP) is 2.35. The first kappa shape index (κ1) is 17.1. The Kier molecular flexibility index (Phi) is 5.41. The maximum Gasteiger partial charge on any atom is 0.407 e. The van der Waals surface area contributed by atoms with Gasteiger partial charge in [-0.2, -0.15) is 0 Å². The molecule has 1 heterocycles. The van der Waals surface area contributed by atoms with Gasteiger partial charge in [-0.15, -0.1) is 0 Å². The fourth-order valence-electron chi connectivity index (χ4n) is 1.71. The first-order valence-electron chi connectivity index (χ1n) is 7.04. The minimum absolute atomic E-state index is 0.168. The van der Waals surface area contributed by atoms with Crippen LogP contribution in [0.3, 0.4) is 0 Å². The molecular formula is C15H25N3O3. The number of aromatic nitrogens is 1. The first-order chi connectivity index (χ1) is 9.60. The first-order valence-corrected chi connectivity index (χ1v) is 7.04. The van der Waals surface area contributed by atoms with E-state index in [1.54, 1.807) is 33.2 Å². The number of carbonyl (C=O) groups excluding carboxylic acids is 2. The Balaban J connectivity index is 2.51. The fraction of sp³-hybridized carbons (Fsp3) is 0.600. The number of rotatable bonds is 4. The third kappa shape index (κ3) is 5.49. The molecule has 1 aromatic rings. The molecule has 6 nitrogen and oxygen atoms in total. The van der Waals surface area contributed by atoms with E-state index < -0.39 is 11.7 Å². The van der Waals surface area contributed by atoms with Crippen molar-refractivity contribution in [3.8, 4) is 0 Å². The van der Waals surface area contributed by atoms with E-state index in [1.165, 1.54) is 0 Å². The summed E-state index contributed by atoms with van der Waals surface area (Å²) in [4.78, 5) is 26.7. The average molecular weight is 295 g/mol. The van der Waals surface area contributed by atoms with Crippen molar-refractivity contribution in [3.63, 3.8) is 0 Å². The van der Waals surface area contributed by atoms with Crippen LogP contribution in [-0.2, 0) is 4.74 Å². The summed E-state index contributed by atoms with van der Waals surface area (Å²) in [5.41, 5.74) is 0.942. The van der Waals surface area contributed by atoms with Gasteiger partial charge in [0.15, 0.2) is 0 Å². The molecule has 6 heteroatoms. The Morgan fingerprint density at radius 1 is 1.14 bits per heavy atom. The maximum absolute atomic E-state index is 12.1. The van der Waals surface area contributed by atoms with Gasteiger partial charge in [-0.3, -0.25) is 4.79 Å². The molecule has 0 spiro atoms. The zero-order valence-electron chi connectivity index (χ0n) is 13.5. The highest BCUT2D eigenvalue weighted by Crippen LogP contribution is 2.08. The van der Waals surface area contributed by atoms with Crippen molar-refractivity contribution in [2.24, 2.45) is 0 Å². The Bertz CT molecular complexity index is 503. The lowest BCUT2D eigenvalue weighted by atomic mass is 10.1. The van der Waals surface area contributed by atoms with Crippen LogP contribution in [0.25, 0.3) is 0 Å². The minimum Gasteiger partial charge on any atom is -0.444 e. The van der Waals surface area contributed by atoms with Crippen LogP contribution in [0.4, 0.5) is 4.79 Å². The largest absolute Gasteiger partial charge is 0.444 e. The van der Waals surface area contributed by atoms with E-state index in [9.17, 15) is 9.59 Å². The second kappa shape index (κ2) is 6.65. The van der Waals surface area contributed by atoms with Crippen LogP contribution < -0.4 is 10.6 Å². The molecule has 118 valence electrons. The van der Waals surface area contributed by atoms with E-state index in [0.29, 0.717) is 5.56 Å². The highest BCUT2D eigenvalue weighted by molar-refractivity contribution is 5.95. The maximum atomic E-state index is 12.1. The molecule has 0 aliphatic carbocycles. The van der Waals surface area contributed by atoms with Crippen molar-refractivity contribution in [2.45, 2.75) is 59.2 Å². The summed E-state index contributed by atoms with van der Waals surface area (Å²) in [7, 11) is 0. The number of hydrogen-bond acceptors (Lipinski definition) is 3. The minimum atomic E-state index is -0.543. The summed E-state index contributed by atoms with van der Waals surface area (Å²) in [5, 5.41) is 5.58. The van der Waals surface area contributed by atoms with Gasteiger partial charge < -0.3 is 20.4 Å². The third-order valence-corrected chi connectivity index (χ3v) is 3.05. The van der Waals surface area contributed by atoms with Gasteiger partial charge in [-0.05, 0) is 47.1 Å². The zero-order chi connectivity index (χ0) is 16.2. The van der Waals surface area contributed by atoms with E-state index in [1.807, 2.05) is 20.8 Å². The summed E-state index contributed by atoms with van der Waals surface area (Å²) < 4.78 is 5.19. The molecule has 1 aromatic heterocycles. The van der Waals surface area contributed by atoms with Crippen LogP contribution in [-0.4, -0.2) is 34.7 Å². The molecule has 0 fully saturated rings. The number of alkyl carbamates (subject to hydrolysis) is 1. The lowest BCUT2D eigenvalue weighted by molar-refractivity contribution is 0.0496. The second-order valence-electron chi connectivity index (χ2n) is 6.25. The zero-order valence-corrected chi connectivity index (χ0v) is 13.5. The number of hydrogen-bond donors (Lipinski definition) is 3. The third-order valence-electron chi connectivity index (χ3n) is 3.05. The topological polar surface area (TPSA) is 83.2 Å². The van der Waals surface area contributed by atoms with Gasteiger partial charge >= 0.3 is 6.09 Å². The van der Waals surface area contributed by atoms with Gasteiger partial charge in [0.25, 0.3) is 5.91 Å². The number of ether oxygens (including phenoxy) is 1. The van der Waals surface area contributed by atoms with Crippen molar-refractivity contribution in [3.05, 3.63) is 23.5 Å². The van der Waals surface area contributed by atoms with Crippen LogP contribution in [0.2, 0.25) is 0 Å². The fourth-order valence-corrected chi connectivity index (χ4v) is 1.71. The monoisotopic (exact) mass is 295 g/mol. The van der Waals surface area contributed by atoms with E-state index in [0.717, 1.165) is 5.56 Å². The van der Waals surface area contributed by atoms with Crippen molar-refractivity contribution in [2.75, 3.05) is 0 Å². The van der Waals surface area contributed by atoms with E-state index in [-0.39, 0.29) is 18.0 Å². The average Bonchev–Trinajstić information content (AvgIpc) is 2.72. The van der Waals surface area contributed by atoms with E-state index in [4.69, 9.17) is 4.74 Å². The van der Waals surface area contributed by atoms with Crippen LogP contribution in [0.5, 0.6) is 0 Å². The molecular weight excluding hydrogens is 270 g/mol. The van der Waals surface area contributed by atoms with Gasteiger partial charge in [-0.25, -0.2) is 4.79 Å². The molecule has 0 radical (unpaired) electrons. The van der Waals surface area contributed by atoms with E-state index >= 15 is 0 Å². The van der Waals surface area contributed by atoms with Crippen molar-refractivity contribution in [1.82, 2.24) is 15.6 Å². The van der Waals surface area contributed by atoms with Crippen molar-refractivity contribution in [1.29, 1.82) is 0 Å². The normalized spacial score (nSPS) is 14.2. The Morgan fingerprint density at radius 3 is 2.19 bits per heavy atom. The molecule has 1 rings (SSSR count). The number of amides is 2. The number of aromatic amines is 1. The summed E-state index contributed by atoms with van der Waals surface area (Å²) in [5.74, 6) is -0.168. The van der Waals surface area contributed by atoms with E-state index in [2.05, 4.69) is 15.6 Å². The van der Waals surface area contributed by atoms with Gasteiger partial charge in [0.2, 0.25) is 0 Å². The molecule has 0 aromatic carbocycles. The smallest absolute Gasteiger partial charge is 0.407 e. The van der Waals surface area contributed by atoms with Gasteiger partial charge in [0.1, 0.15) is 5.60 Å². The summed E-state index contributed by atoms with van der Waals surface area (Å²) in [6.07, 6.45) is 2.93. The number of H-pyrrole nitrogens is 1. The lowest BCUT2D eigenvalue weighted by Crippen LogP contribution is -2.49.